The summed E-state index contributed by atoms with van der Waals surface area (Å²) in [4.78, 5) is 16.9. The quantitative estimate of drug-likeness (QED) is 0.697. The number of nitrogens with zero attached hydrogens (tertiary/aromatic N) is 2. The summed E-state index contributed by atoms with van der Waals surface area (Å²) in [6.07, 6.45) is 1.03. The normalized spacial score (nSPS) is 10.8. The summed E-state index contributed by atoms with van der Waals surface area (Å²) in [5.74, 6) is -0.975. The fourth-order valence-electron chi connectivity index (χ4n) is 1.49. The van der Waals surface area contributed by atoms with E-state index in [1.54, 1.807) is 5.38 Å². The Morgan fingerprint density at radius 3 is 2.76 bits per heavy atom. The van der Waals surface area contributed by atoms with Crippen molar-refractivity contribution in [3.05, 3.63) is 11.1 Å². The number of carboxylic acid groups (broad SMARTS) is 1. The van der Waals surface area contributed by atoms with Gasteiger partial charge in [-0.05, 0) is 26.1 Å². The lowest BCUT2D eigenvalue weighted by atomic mass is 10.3. The molecule has 0 saturated carbocycles. The second-order valence-electron chi connectivity index (χ2n) is 3.65. The first-order chi connectivity index (χ1) is 8.17. The number of thiazole rings is 1. The van der Waals surface area contributed by atoms with Crippen LogP contribution in [0.5, 0.6) is 0 Å². The zero-order valence-corrected chi connectivity index (χ0v) is 11.1. The van der Waals surface area contributed by atoms with E-state index >= 15 is 0 Å². The van der Waals surface area contributed by atoms with E-state index in [9.17, 15) is 4.79 Å². The summed E-state index contributed by atoms with van der Waals surface area (Å²) in [6, 6.07) is 0. The standard InChI is InChI=1S/C11H19N3O2S/c1-3-14(4-2)7-5-6-12-11-13-9(8-17-11)10(15)16/h8H,3-7H2,1-2H3,(H,12,13)(H,15,16). The number of hydrogen-bond donors (Lipinski definition) is 2. The van der Waals surface area contributed by atoms with E-state index < -0.39 is 5.97 Å². The lowest BCUT2D eigenvalue weighted by molar-refractivity contribution is 0.0691. The molecule has 0 aliphatic rings. The molecule has 6 heteroatoms. The summed E-state index contributed by atoms with van der Waals surface area (Å²) in [7, 11) is 0. The third-order valence-corrected chi connectivity index (χ3v) is 3.35. The van der Waals surface area contributed by atoms with Gasteiger partial charge in [0.1, 0.15) is 0 Å². The highest BCUT2D eigenvalue weighted by atomic mass is 32.1. The molecular weight excluding hydrogens is 238 g/mol. The van der Waals surface area contributed by atoms with E-state index in [1.165, 1.54) is 11.3 Å². The highest BCUT2D eigenvalue weighted by Gasteiger charge is 2.07. The van der Waals surface area contributed by atoms with Crippen molar-refractivity contribution in [3.63, 3.8) is 0 Å². The summed E-state index contributed by atoms with van der Waals surface area (Å²) in [6.45, 7) is 8.31. The molecular formula is C11H19N3O2S. The van der Waals surface area contributed by atoms with E-state index in [1.807, 2.05) is 0 Å². The van der Waals surface area contributed by atoms with Gasteiger partial charge in [-0.2, -0.15) is 0 Å². The van der Waals surface area contributed by atoms with E-state index in [0.29, 0.717) is 5.13 Å². The van der Waals surface area contributed by atoms with Crippen LogP contribution in [0.1, 0.15) is 30.8 Å². The van der Waals surface area contributed by atoms with Gasteiger partial charge in [0, 0.05) is 11.9 Å². The Morgan fingerprint density at radius 1 is 1.53 bits per heavy atom. The molecule has 0 amide bonds. The van der Waals surface area contributed by atoms with Crippen molar-refractivity contribution in [3.8, 4) is 0 Å². The molecule has 0 aromatic carbocycles. The van der Waals surface area contributed by atoms with Crippen molar-refractivity contribution < 1.29 is 9.90 Å². The Morgan fingerprint density at radius 2 is 2.24 bits per heavy atom. The molecule has 0 unspecified atom stereocenters. The molecule has 1 heterocycles. The molecule has 0 aliphatic carbocycles. The average molecular weight is 257 g/mol. The van der Waals surface area contributed by atoms with E-state index in [-0.39, 0.29) is 5.69 Å². The number of anilines is 1. The van der Waals surface area contributed by atoms with Crippen molar-refractivity contribution in [2.24, 2.45) is 0 Å². The SMILES string of the molecule is CCN(CC)CCCNc1nc(C(=O)O)cs1. The van der Waals surface area contributed by atoms with Gasteiger partial charge < -0.3 is 15.3 Å². The van der Waals surface area contributed by atoms with Crippen molar-refractivity contribution >= 4 is 22.4 Å². The molecule has 0 atom stereocenters. The minimum Gasteiger partial charge on any atom is -0.476 e. The maximum atomic E-state index is 10.6. The molecule has 0 radical (unpaired) electrons. The van der Waals surface area contributed by atoms with Crippen LogP contribution in [0, 0.1) is 0 Å². The fourth-order valence-corrected chi connectivity index (χ4v) is 2.20. The van der Waals surface area contributed by atoms with Gasteiger partial charge in [0.2, 0.25) is 0 Å². The average Bonchev–Trinajstić information content (AvgIpc) is 2.78. The molecule has 96 valence electrons. The van der Waals surface area contributed by atoms with Crippen molar-refractivity contribution in [1.29, 1.82) is 0 Å². The number of carbonyl (C=O) groups is 1. The van der Waals surface area contributed by atoms with Crippen LogP contribution in [-0.2, 0) is 0 Å². The molecule has 0 aliphatic heterocycles. The number of hydrogen-bond acceptors (Lipinski definition) is 5. The highest BCUT2D eigenvalue weighted by molar-refractivity contribution is 7.13. The van der Waals surface area contributed by atoms with Gasteiger partial charge in [-0.1, -0.05) is 13.8 Å². The van der Waals surface area contributed by atoms with Crippen LogP contribution in [0.25, 0.3) is 0 Å². The number of aromatic nitrogens is 1. The van der Waals surface area contributed by atoms with Gasteiger partial charge in [-0.3, -0.25) is 0 Å². The van der Waals surface area contributed by atoms with Gasteiger partial charge in [-0.15, -0.1) is 11.3 Å². The number of carboxylic acids is 1. The minimum atomic E-state index is -0.975. The zero-order chi connectivity index (χ0) is 12.7. The van der Waals surface area contributed by atoms with E-state index in [0.717, 1.165) is 32.6 Å². The Hall–Kier alpha value is -1.14. The molecule has 0 fully saturated rings. The Bertz CT molecular complexity index is 350. The Labute approximate surface area is 105 Å². The van der Waals surface area contributed by atoms with Crippen LogP contribution in [0.2, 0.25) is 0 Å². The van der Waals surface area contributed by atoms with Gasteiger partial charge in [0.25, 0.3) is 0 Å². The molecule has 17 heavy (non-hydrogen) atoms. The zero-order valence-electron chi connectivity index (χ0n) is 10.3. The molecule has 0 saturated heterocycles. The second kappa shape index (κ2) is 7.24. The molecule has 0 bridgehead atoms. The fraction of sp³-hybridized carbons (Fsp3) is 0.636. The molecule has 1 aromatic heterocycles. The van der Waals surface area contributed by atoms with Gasteiger partial charge in [0.15, 0.2) is 10.8 Å². The Kier molecular flexibility index (Phi) is 5.93. The summed E-state index contributed by atoms with van der Waals surface area (Å²) < 4.78 is 0. The van der Waals surface area contributed by atoms with Crippen LogP contribution in [0.4, 0.5) is 5.13 Å². The van der Waals surface area contributed by atoms with Crippen molar-refractivity contribution in [2.45, 2.75) is 20.3 Å². The lowest BCUT2D eigenvalue weighted by Crippen LogP contribution is -2.25. The highest BCUT2D eigenvalue weighted by Crippen LogP contribution is 2.14. The monoisotopic (exact) mass is 257 g/mol. The van der Waals surface area contributed by atoms with Gasteiger partial charge >= 0.3 is 5.97 Å². The smallest absolute Gasteiger partial charge is 0.355 e. The summed E-state index contributed by atoms with van der Waals surface area (Å²) in [5, 5.41) is 14.1. The number of aromatic carboxylic acids is 1. The minimum absolute atomic E-state index is 0.112. The van der Waals surface area contributed by atoms with Crippen molar-refractivity contribution in [1.82, 2.24) is 9.88 Å². The van der Waals surface area contributed by atoms with Crippen molar-refractivity contribution in [2.75, 3.05) is 31.5 Å². The van der Waals surface area contributed by atoms with E-state index in [4.69, 9.17) is 5.11 Å². The maximum absolute atomic E-state index is 10.6. The predicted molar refractivity (Wildman–Crippen MR) is 70.0 cm³/mol. The third kappa shape index (κ3) is 4.70. The number of nitrogens with one attached hydrogen (secondary N) is 1. The Balaban J connectivity index is 2.24. The summed E-state index contributed by atoms with van der Waals surface area (Å²) in [5.41, 5.74) is 0.112. The first-order valence-electron chi connectivity index (χ1n) is 5.82. The molecule has 0 spiro atoms. The van der Waals surface area contributed by atoms with Gasteiger partial charge in [0.05, 0.1) is 0 Å². The number of rotatable bonds is 8. The van der Waals surface area contributed by atoms with Crippen LogP contribution in [0.3, 0.4) is 0 Å². The van der Waals surface area contributed by atoms with E-state index in [2.05, 4.69) is 29.0 Å². The first-order valence-corrected chi connectivity index (χ1v) is 6.70. The maximum Gasteiger partial charge on any atom is 0.355 e. The predicted octanol–water partition coefficient (Wildman–Crippen LogP) is 1.99. The molecule has 2 N–H and O–H groups in total. The van der Waals surface area contributed by atoms with Crippen LogP contribution in [-0.4, -0.2) is 47.1 Å². The molecule has 5 nitrogen and oxygen atoms in total. The largest absolute Gasteiger partial charge is 0.476 e. The third-order valence-electron chi connectivity index (χ3n) is 2.55. The second-order valence-corrected chi connectivity index (χ2v) is 4.51. The van der Waals surface area contributed by atoms with Crippen LogP contribution in [0.15, 0.2) is 5.38 Å². The lowest BCUT2D eigenvalue weighted by Gasteiger charge is -2.17. The van der Waals surface area contributed by atoms with Gasteiger partial charge in [-0.25, -0.2) is 9.78 Å². The van der Waals surface area contributed by atoms with Crippen LogP contribution < -0.4 is 5.32 Å². The first kappa shape index (κ1) is 13.9. The molecule has 1 rings (SSSR count). The van der Waals surface area contributed by atoms with Crippen LogP contribution >= 0.6 is 11.3 Å². The molecule has 1 aromatic rings. The summed E-state index contributed by atoms with van der Waals surface area (Å²) >= 11 is 1.33. The topological polar surface area (TPSA) is 65.5 Å².